The Balaban J connectivity index is 1.40. The molecule has 2 heterocycles. The van der Waals surface area contributed by atoms with Crippen LogP contribution in [0.4, 0.5) is 5.13 Å². The minimum atomic E-state index is -0.310. The molecule has 6 nitrogen and oxygen atoms in total. The van der Waals surface area contributed by atoms with Crippen LogP contribution in [-0.2, 0) is 6.54 Å². The van der Waals surface area contributed by atoms with Crippen LogP contribution in [0.2, 0.25) is 0 Å². The third kappa shape index (κ3) is 2.89. The first kappa shape index (κ1) is 13.8. The lowest BCUT2D eigenvalue weighted by molar-refractivity contribution is 0.514. The smallest absolute Gasteiger partial charge is 0.408 e. The zero-order valence-electron chi connectivity index (χ0n) is 11.7. The van der Waals surface area contributed by atoms with Gasteiger partial charge in [-0.25, -0.2) is 4.79 Å². The molecule has 0 bridgehead atoms. The van der Waals surface area contributed by atoms with E-state index in [9.17, 15) is 4.79 Å². The van der Waals surface area contributed by atoms with Crippen molar-refractivity contribution in [2.45, 2.75) is 29.8 Å². The first-order valence-electron chi connectivity index (χ1n) is 7.11. The molecule has 22 heavy (non-hydrogen) atoms. The molecule has 1 N–H and O–H groups in total. The van der Waals surface area contributed by atoms with Crippen molar-refractivity contribution in [3.8, 4) is 0 Å². The van der Waals surface area contributed by atoms with Gasteiger partial charge in [-0.15, -0.1) is 10.2 Å². The Morgan fingerprint density at radius 3 is 3.09 bits per heavy atom. The monoisotopic (exact) mass is 334 g/mol. The first-order valence-corrected chi connectivity index (χ1v) is 8.91. The lowest BCUT2D eigenvalue weighted by atomic mass is 10.3. The van der Waals surface area contributed by atoms with Gasteiger partial charge in [-0.1, -0.05) is 35.2 Å². The average molecular weight is 334 g/mol. The number of aromatic nitrogens is 3. The van der Waals surface area contributed by atoms with Gasteiger partial charge in [0.05, 0.1) is 5.52 Å². The summed E-state index contributed by atoms with van der Waals surface area (Å²) in [5, 5.41) is 12.5. The molecule has 1 saturated carbocycles. The summed E-state index contributed by atoms with van der Waals surface area (Å²) in [6, 6.07) is 8.05. The van der Waals surface area contributed by atoms with Crippen LogP contribution in [0.25, 0.3) is 11.1 Å². The first-order chi connectivity index (χ1) is 10.8. The number of thioether (sulfide) groups is 1. The van der Waals surface area contributed by atoms with Gasteiger partial charge in [0.15, 0.2) is 9.92 Å². The summed E-state index contributed by atoms with van der Waals surface area (Å²) in [5.74, 6) is 0.441. The fourth-order valence-corrected chi connectivity index (χ4v) is 4.00. The number of fused-ring (bicyclic) bond motifs is 1. The van der Waals surface area contributed by atoms with E-state index in [-0.39, 0.29) is 5.76 Å². The zero-order chi connectivity index (χ0) is 14.9. The summed E-state index contributed by atoms with van der Waals surface area (Å²) in [5.41, 5.74) is 1.46. The van der Waals surface area contributed by atoms with Crippen molar-refractivity contribution in [1.82, 2.24) is 14.8 Å². The third-order valence-electron chi connectivity index (χ3n) is 3.43. The Bertz CT molecular complexity index is 850. The Morgan fingerprint density at radius 1 is 1.36 bits per heavy atom. The van der Waals surface area contributed by atoms with Gasteiger partial charge in [0.2, 0.25) is 5.13 Å². The van der Waals surface area contributed by atoms with E-state index < -0.39 is 0 Å². The van der Waals surface area contributed by atoms with Gasteiger partial charge in [-0.2, -0.15) is 0 Å². The highest BCUT2D eigenvalue weighted by Crippen LogP contribution is 2.30. The molecule has 1 aliphatic rings. The maximum Gasteiger partial charge on any atom is 0.419 e. The highest BCUT2D eigenvalue weighted by molar-refractivity contribution is 8.01. The van der Waals surface area contributed by atoms with Crippen LogP contribution in [0.15, 0.2) is 37.8 Å². The van der Waals surface area contributed by atoms with Crippen LogP contribution in [0.3, 0.4) is 0 Å². The van der Waals surface area contributed by atoms with Crippen LogP contribution in [-0.4, -0.2) is 26.6 Å². The molecule has 8 heteroatoms. The molecule has 4 rings (SSSR count). The lowest BCUT2D eigenvalue weighted by Gasteiger charge is -2.00. The van der Waals surface area contributed by atoms with Gasteiger partial charge in [-0.3, -0.25) is 4.57 Å². The maximum atomic E-state index is 11.9. The summed E-state index contributed by atoms with van der Waals surface area (Å²) in [6.45, 7) is 0.589. The van der Waals surface area contributed by atoms with Crippen molar-refractivity contribution >= 4 is 39.3 Å². The minimum Gasteiger partial charge on any atom is -0.408 e. The number of rotatable bonds is 6. The summed E-state index contributed by atoms with van der Waals surface area (Å²) >= 11 is 3.17. The second-order valence-corrected chi connectivity index (χ2v) is 7.45. The lowest BCUT2D eigenvalue weighted by Crippen LogP contribution is -2.15. The Morgan fingerprint density at radius 2 is 2.23 bits per heavy atom. The van der Waals surface area contributed by atoms with Gasteiger partial charge in [0, 0.05) is 18.3 Å². The molecule has 114 valence electrons. The fourth-order valence-electron chi connectivity index (χ4n) is 2.18. The van der Waals surface area contributed by atoms with Gasteiger partial charge >= 0.3 is 5.76 Å². The number of para-hydroxylation sites is 2. The van der Waals surface area contributed by atoms with Crippen molar-refractivity contribution < 1.29 is 4.42 Å². The summed E-state index contributed by atoms with van der Waals surface area (Å²) < 4.78 is 7.80. The van der Waals surface area contributed by atoms with E-state index in [0.717, 1.165) is 20.7 Å². The standard InChI is InChI=1S/C14H14N4O2S2/c19-14-18(10-3-1-2-4-11(10)20-14)7-8-21-13-17-16-12(22-13)15-9-5-6-9/h1-4,9H,5-8H2,(H,15,16). The zero-order valence-corrected chi connectivity index (χ0v) is 13.3. The number of hydrogen-bond acceptors (Lipinski definition) is 7. The molecule has 0 spiro atoms. The molecule has 0 radical (unpaired) electrons. The number of anilines is 1. The normalized spacial score (nSPS) is 14.5. The molecule has 0 saturated heterocycles. The van der Waals surface area contributed by atoms with Gasteiger partial charge in [-0.05, 0) is 25.0 Å². The SMILES string of the molecule is O=c1oc2ccccc2n1CCSc1nnc(NC2CC2)s1. The Hall–Kier alpha value is -1.80. The van der Waals surface area contributed by atoms with E-state index in [1.165, 1.54) is 12.8 Å². The van der Waals surface area contributed by atoms with Gasteiger partial charge in [0.25, 0.3) is 0 Å². The van der Waals surface area contributed by atoms with Crippen LogP contribution in [0, 0.1) is 0 Å². The number of nitrogens with zero attached hydrogens (tertiary/aromatic N) is 3. The van der Waals surface area contributed by atoms with Crippen LogP contribution >= 0.6 is 23.1 Å². The second kappa shape index (κ2) is 5.77. The maximum absolute atomic E-state index is 11.9. The number of oxazole rings is 1. The van der Waals surface area contributed by atoms with E-state index in [1.807, 2.05) is 18.2 Å². The molecular weight excluding hydrogens is 320 g/mol. The van der Waals surface area contributed by atoms with Crippen LogP contribution in [0.5, 0.6) is 0 Å². The predicted octanol–water partition coefficient (Wildman–Crippen LogP) is 2.81. The van der Waals surface area contributed by atoms with Crippen LogP contribution < -0.4 is 11.1 Å². The largest absolute Gasteiger partial charge is 0.419 e. The number of nitrogens with one attached hydrogen (secondary N) is 1. The quantitative estimate of drug-likeness (QED) is 0.699. The molecule has 2 aromatic heterocycles. The van der Waals surface area contributed by atoms with Gasteiger partial charge in [0.1, 0.15) is 0 Å². The van der Waals surface area contributed by atoms with Crippen molar-refractivity contribution in [2.75, 3.05) is 11.1 Å². The number of hydrogen-bond donors (Lipinski definition) is 1. The highest BCUT2D eigenvalue weighted by Gasteiger charge is 2.22. The molecule has 1 aliphatic carbocycles. The summed E-state index contributed by atoms with van der Waals surface area (Å²) in [7, 11) is 0. The van der Waals surface area contributed by atoms with E-state index >= 15 is 0 Å². The molecule has 0 unspecified atom stereocenters. The van der Waals surface area contributed by atoms with Crippen LogP contribution in [0.1, 0.15) is 12.8 Å². The highest BCUT2D eigenvalue weighted by atomic mass is 32.2. The Labute approximate surface area is 134 Å². The van der Waals surface area contributed by atoms with Gasteiger partial charge < -0.3 is 9.73 Å². The molecule has 1 aromatic carbocycles. The van der Waals surface area contributed by atoms with Crippen molar-refractivity contribution in [3.63, 3.8) is 0 Å². The molecule has 0 atom stereocenters. The average Bonchev–Trinajstić information content (AvgIpc) is 3.12. The van der Waals surface area contributed by atoms with Crippen molar-refractivity contribution in [2.24, 2.45) is 0 Å². The van der Waals surface area contributed by atoms with Crippen molar-refractivity contribution in [3.05, 3.63) is 34.8 Å². The number of aryl methyl sites for hydroxylation is 1. The third-order valence-corrected chi connectivity index (χ3v) is 5.39. The predicted molar refractivity (Wildman–Crippen MR) is 87.8 cm³/mol. The molecule has 0 aliphatic heterocycles. The molecule has 1 fully saturated rings. The van der Waals surface area contributed by atoms with E-state index in [4.69, 9.17) is 4.42 Å². The Kier molecular flexibility index (Phi) is 3.63. The topological polar surface area (TPSA) is 73.0 Å². The summed E-state index contributed by atoms with van der Waals surface area (Å²) in [4.78, 5) is 11.9. The van der Waals surface area contributed by atoms with Crippen molar-refractivity contribution in [1.29, 1.82) is 0 Å². The second-order valence-electron chi connectivity index (χ2n) is 5.13. The van der Waals surface area contributed by atoms with E-state index in [0.29, 0.717) is 18.2 Å². The van der Waals surface area contributed by atoms with E-state index in [1.54, 1.807) is 33.7 Å². The summed E-state index contributed by atoms with van der Waals surface area (Å²) in [6.07, 6.45) is 2.44. The fraction of sp³-hybridized carbons (Fsp3) is 0.357. The minimum absolute atomic E-state index is 0.310. The molecular formula is C14H14N4O2S2. The molecule has 0 amide bonds. The number of benzene rings is 1. The molecule has 3 aromatic rings. The van der Waals surface area contributed by atoms with E-state index in [2.05, 4.69) is 15.5 Å².